The molecule has 1 amide bonds. The van der Waals surface area contributed by atoms with Gasteiger partial charge in [0, 0.05) is 34.8 Å². The summed E-state index contributed by atoms with van der Waals surface area (Å²) in [5, 5.41) is 7.88. The number of hydrogen-bond donors (Lipinski definition) is 1. The maximum absolute atomic E-state index is 12.0. The molecule has 0 unspecified atom stereocenters. The normalized spacial score (nSPS) is 10.7. The van der Waals surface area contributed by atoms with Crippen molar-refractivity contribution in [3.63, 3.8) is 0 Å². The molecule has 0 fully saturated rings. The number of carbonyl (C=O) groups excluding carboxylic acids is 1. The van der Waals surface area contributed by atoms with Crippen LogP contribution >= 0.6 is 23.2 Å². The maximum atomic E-state index is 12.0. The van der Waals surface area contributed by atoms with Gasteiger partial charge in [0.05, 0.1) is 6.26 Å². The number of carbonyl (C=O) groups is 1. The Morgan fingerprint density at radius 1 is 1.15 bits per heavy atom. The Labute approximate surface area is 159 Å². The second-order valence-corrected chi connectivity index (χ2v) is 6.44. The minimum Gasteiger partial charge on any atom is -0.463 e. The van der Waals surface area contributed by atoms with E-state index in [1.54, 1.807) is 42.7 Å². The monoisotopic (exact) mass is 391 g/mol. The highest BCUT2D eigenvalue weighted by Crippen LogP contribution is 2.22. The summed E-state index contributed by atoms with van der Waals surface area (Å²) in [6.07, 6.45) is 2.22. The number of halogens is 2. The first kappa shape index (κ1) is 18.2. The third-order valence-corrected chi connectivity index (χ3v) is 4.00. The van der Waals surface area contributed by atoms with Gasteiger partial charge in [0.1, 0.15) is 5.69 Å². The van der Waals surface area contributed by atoms with Crippen LogP contribution in [-0.2, 0) is 11.3 Å². The zero-order valence-electron chi connectivity index (χ0n) is 13.6. The smallest absolute Gasteiger partial charge is 0.266 e. The molecule has 3 rings (SSSR count). The number of amides is 1. The van der Waals surface area contributed by atoms with Gasteiger partial charge in [-0.3, -0.25) is 9.59 Å². The number of nitrogens with one attached hydrogen (secondary N) is 1. The minimum absolute atomic E-state index is 0.196. The van der Waals surface area contributed by atoms with Crippen molar-refractivity contribution in [3.8, 4) is 11.5 Å². The van der Waals surface area contributed by atoms with E-state index in [2.05, 4.69) is 10.4 Å². The number of benzene rings is 1. The molecule has 8 heteroatoms. The lowest BCUT2D eigenvalue weighted by Crippen LogP contribution is -2.23. The molecule has 0 bridgehead atoms. The van der Waals surface area contributed by atoms with Gasteiger partial charge in [-0.25, -0.2) is 4.68 Å². The van der Waals surface area contributed by atoms with Crippen LogP contribution in [0.15, 0.2) is 57.9 Å². The Kier molecular flexibility index (Phi) is 5.75. The van der Waals surface area contributed by atoms with Gasteiger partial charge in [0.25, 0.3) is 5.56 Å². The van der Waals surface area contributed by atoms with E-state index in [1.807, 2.05) is 0 Å². The van der Waals surface area contributed by atoms with Gasteiger partial charge in [-0.2, -0.15) is 5.10 Å². The van der Waals surface area contributed by atoms with Crippen molar-refractivity contribution in [1.29, 1.82) is 0 Å². The number of rotatable bonds is 6. The first-order valence-electron chi connectivity index (χ1n) is 7.89. The van der Waals surface area contributed by atoms with Gasteiger partial charge >= 0.3 is 0 Å². The van der Waals surface area contributed by atoms with Crippen molar-refractivity contribution in [2.75, 3.05) is 5.32 Å². The van der Waals surface area contributed by atoms with Gasteiger partial charge in [0.2, 0.25) is 5.91 Å². The summed E-state index contributed by atoms with van der Waals surface area (Å²) in [6.45, 7) is 0.317. The lowest BCUT2D eigenvalue weighted by molar-refractivity contribution is -0.116. The third kappa shape index (κ3) is 4.74. The van der Waals surface area contributed by atoms with Crippen molar-refractivity contribution in [2.24, 2.45) is 0 Å². The standard InChI is InChI=1S/C18H15Cl2N3O3/c19-12-9-13(20)11-14(10-12)21-17(24)4-1-7-23-18(25)6-5-15(22-23)16-3-2-8-26-16/h2-3,5-6,8-11H,1,4,7H2,(H,21,24). The molecular formula is C18H15Cl2N3O3. The predicted molar refractivity (Wildman–Crippen MR) is 101 cm³/mol. The molecule has 2 aromatic heterocycles. The van der Waals surface area contributed by atoms with Crippen molar-refractivity contribution in [2.45, 2.75) is 19.4 Å². The molecule has 0 aliphatic rings. The molecule has 134 valence electrons. The van der Waals surface area contributed by atoms with E-state index in [-0.39, 0.29) is 17.9 Å². The van der Waals surface area contributed by atoms with Crippen LogP contribution in [0.4, 0.5) is 5.69 Å². The van der Waals surface area contributed by atoms with Crippen molar-refractivity contribution < 1.29 is 9.21 Å². The summed E-state index contributed by atoms with van der Waals surface area (Å²) in [5.74, 6) is 0.382. The van der Waals surface area contributed by atoms with Crippen LogP contribution in [0.5, 0.6) is 0 Å². The first-order chi connectivity index (χ1) is 12.5. The molecule has 3 aromatic rings. The summed E-state index contributed by atoms with van der Waals surface area (Å²) in [4.78, 5) is 24.0. The van der Waals surface area contributed by atoms with Crippen molar-refractivity contribution in [3.05, 3.63) is 69.1 Å². The predicted octanol–water partition coefficient (Wildman–Crippen LogP) is 4.23. The number of aryl methyl sites for hydroxylation is 1. The molecule has 0 aliphatic heterocycles. The van der Waals surface area contributed by atoms with Gasteiger partial charge < -0.3 is 9.73 Å². The number of hydrogen-bond acceptors (Lipinski definition) is 4. The molecule has 0 spiro atoms. The summed E-state index contributed by atoms with van der Waals surface area (Å²) in [6, 6.07) is 11.4. The number of aromatic nitrogens is 2. The molecule has 0 saturated heterocycles. The Bertz CT molecular complexity index is 948. The molecule has 0 atom stereocenters. The molecule has 1 aromatic carbocycles. The van der Waals surface area contributed by atoms with Crippen LogP contribution in [0.3, 0.4) is 0 Å². The Morgan fingerprint density at radius 2 is 1.92 bits per heavy atom. The average Bonchev–Trinajstić information content (AvgIpc) is 3.10. The van der Waals surface area contributed by atoms with E-state index in [0.29, 0.717) is 40.2 Å². The van der Waals surface area contributed by atoms with E-state index in [4.69, 9.17) is 27.6 Å². The molecule has 2 heterocycles. The lowest BCUT2D eigenvalue weighted by atomic mass is 10.2. The fraction of sp³-hybridized carbons (Fsp3) is 0.167. The fourth-order valence-corrected chi connectivity index (χ4v) is 2.93. The zero-order valence-corrected chi connectivity index (χ0v) is 15.1. The Balaban J connectivity index is 1.58. The zero-order chi connectivity index (χ0) is 18.5. The summed E-state index contributed by atoms with van der Waals surface area (Å²) >= 11 is 11.8. The largest absolute Gasteiger partial charge is 0.463 e. The quantitative estimate of drug-likeness (QED) is 0.681. The molecule has 26 heavy (non-hydrogen) atoms. The molecule has 0 aliphatic carbocycles. The summed E-state index contributed by atoms with van der Waals surface area (Å²) in [5.41, 5.74) is 0.859. The highest BCUT2D eigenvalue weighted by Gasteiger charge is 2.08. The number of nitrogens with zero attached hydrogens (tertiary/aromatic N) is 2. The Hall–Kier alpha value is -2.57. The average molecular weight is 392 g/mol. The summed E-state index contributed by atoms with van der Waals surface area (Å²) < 4.78 is 6.60. The molecular weight excluding hydrogens is 377 g/mol. The number of furan rings is 1. The van der Waals surface area contributed by atoms with Crippen LogP contribution < -0.4 is 10.9 Å². The minimum atomic E-state index is -0.234. The van der Waals surface area contributed by atoms with Crippen LogP contribution in [0, 0.1) is 0 Å². The van der Waals surface area contributed by atoms with Gasteiger partial charge in [-0.1, -0.05) is 23.2 Å². The maximum Gasteiger partial charge on any atom is 0.266 e. The lowest BCUT2D eigenvalue weighted by Gasteiger charge is -2.08. The van der Waals surface area contributed by atoms with Crippen LogP contribution in [-0.4, -0.2) is 15.7 Å². The highest BCUT2D eigenvalue weighted by molar-refractivity contribution is 6.35. The molecule has 0 saturated carbocycles. The first-order valence-corrected chi connectivity index (χ1v) is 8.65. The number of anilines is 1. The second kappa shape index (κ2) is 8.21. The third-order valence-electron chi connectivity index (χ3n) is 3.56. The topological polar surface area (TPSA) is 77.1 Å². The van der Waals surface area contributed by atoms with E-state index in [1.165, 1.54) is 10.7 Å². The van der Waals surface area contributed by atoms with Crippen LogP contribution in [0.25, 0.3) is 11.5 Å². The van der Waals surface area contributed by atoms with Gasteiger partial charge in [-0.05, 0) is 42.8 Å². The summed E-state index contributed by atoms with van der Waals surface area (Å²) in [7, 11) is 0. The molecule has 1 N–H and O–H groups in total. The van der Waals surface area contributed by atoms with Crippen molar-refractivity contribution >= 4 is 34.8 Å². The molecule has 6 nitrogen and oxygen atoms in total. The van der Waals surface area contributed by atoms with E-state index >= 15 is 0 Å². The highest BCUT2D eigenvalue weighted by atomic mass is 35.5. The Morgan fingerprint density at radius 3 is 2.62 bits per heavy atom. The van der Waals surface area contributed by atoms with Gasteiger partial charge in [0.15, 0.2) is 5.76 Å². The SMILES string of the molecule is O=C(CCCn1nc(-c2ccco2)ccc1=O)Nc1cc(Cl)cc(Cl)c1. The van der Waals surface area contributed by atoms with E-state index in [9.17, 15) is 9.59 Å². The molecule has 0 radical (unpaired) electrons. The van der Waals surface area contributed by atoms with Crippen molar-refractivity contribution in [1.82, 2.24) is 9.78 Å². The fourth-order valence-electron chi connectivity index (χ4n) is 2.40. The second-order valence-electron chi connectivity index (χ2n) is 5.57. The van der Waals surface area contributed by atoms with E-state index in [0.717, 1.165) is 0 Å². The van der Waals surface area contributed by atoms with E-state index < -0.39 is 0 Å². The van der Waals surface area contributed by atoms with Crippen LogP contribution in [0.2, 0.25) is 10.0 Å². The van der Waals surface area contributed by atoms with Gasteiger partial charge in [-0.15, -0.1) is 0 Å². The van der Waals surface area contributed by atoms with Crippen LogP contribution in [0.1, 0.15) is 12.8 Å².